The molecular weight excluding hydrogens is 378 g/mol. The zero-order valence-corrected chi connectivity index (χ0v) is 13.0. The summed E-state index contributed by atoms with van der Waals surface area (Å²) in [6.07, 6.45) is -1.62. The molecule has 0 unspecified atom stereocenters. The van der Waals surface area contributed by atoms with Crippen molar-refractivity contribution in [2.45, 2.75) is 31.3 Å². The van der Waals surface area contributed by atoms with Crippen LogP contribution in [0.5, 0.6) is 0 Å². The lowest BCUT2D eigenvalue weighted by atomic mass is 10.2. The second-order valence-electron chi connectivity index (χ2n) is 4.39. The van der Waals surface area contributed by atoms with Crippen LogP contribution in [0.1, 0.15) is 17.1 Å². The minimum atomic E-state index is -6.72. The summed E-state index contributed by atoms with van der Waals surface area (Å²) in [5.74, 6) is -0.139. The van der Waals surface area contributed by atoms with Crippen molar-refractivity contribution in [2.24, 2.45) is 0 Å². The molecule has 1 rings (SSSR count). The molecule has 0 aliphatic heterocycles. The van der Waals surface area contributed by atoms with Crippen LogP contribution in [0, 0.1) is 18.4 Å². The highest BCUT2D eigenvalue weighted by atomic mass is 32.3. The average Bonchev–Trinajstić information content (AvgIpc) is 2.61. The van der Waals surface area contributed by atoms with Crippen LogP contribution in [0.25, 0.3) is 0 Å². The van der Waals surface area contributed by atoms with E-state index in [9.17, 15) is 43.2 Å². The molecule has 0 aromatic carbocycles. The first kappa shape index (κ1) is 19.8. The van der Waals surface area contributed by atoms with Gasteiger partial charge < -0.3 is 4.42 Å². The van der Waals surface area contributed by atoms with Crippen LogP contribution < -0.4 is 0 Å². The molecule has 0 amide bonds. The van der Waals surface area contributed by atoms with Gasteiger partial charge in [-0.15, -0.1) is 6.42 Å². The van der Waals surface area contributed by atoms with Gasteiger partial charge in [0.25, 0.3) is 0 Å². The number of aryl methyl sites for hydroxylation is 2. The van der Waals surface area contributed by atoms with Gasteiger partial charge in [-0.25, -0.2) is 0 Å². The molecule has 13 heteroatoms. The van der Waals surface area contributed by atoms with Gasteiger partial charge in [-0.1, -0.05) is 4.58 Å². The van der Waals surface area contributed by atoms with Gasteiger partial charge >= 0.3 is 11.0 Å². The summed E-state index contributed by atoms with van der Waals surface area (Å²) in [6, 6.07) is 0.952. The Balaban J connectivity index is 3.55. The number of rotatable bonds is 4. The van der Waals surface area contributed by atoms with E-state index in [1.165, 1.54) is 6.92 Å². The Hall–Kier alpha value is -1.24. The van der Waals surface area contributed by atoms with Crippen molar-refractivity contribution in [3.63, 3.8) is 0 Å². The Labute approximate surface area is 127 Å². The minimum absolute atomic E-state index is 0.0608. The van der Waals surface area contributed by atoms with E-state index in [0.29, 0.717) is 0 Å². The molecule has 0 spiro atoms. The van der Waals surface area contributed by atoms with E-state index in [0.717, 1.165) is 13.0 Å². The molecule has 0 saturated carbocycles. The largest absolute Gasteiger partial charge is 0.469 e. The van der Waals surface area contributed by atoms with Gasteiger partial charge in [0.2, 0.25) is 0 Å². The van der Waals surface area contributed by atoms with Crippen LogP contribution in [-0.4, -0.2) is 27.9 Å². The molecule has 0 radical (unpaired) electrons. The molecule has 1 aromatic rings. The summed E-state index contributed by atoms with van der Waals surface area (Å²) in [5.41, 5.74) is -12.8. The maximum absolute atomic E-state index is 12.5. The predicted molar refractivity (Wildman–Crippen MR) is 65.1 cm³/mol. The highest BCUT2D eigenvalue weighted by Gasteiger charge is 2.53. The smallest absolute Gasteiger partial charge is 0.466 e. The Morgan fingerprint density at radius 1 is 0.957 bits per heavy atom. The van der Waals surface area contributed by atoms with Crippen molar-refractivity contribution in [3.05, 3.63) is 27.7 Å². The van der Waals surface area contributed by atoms with Gasteiger partial charge in [0.15, 0.2) is 0 Å². The fourth-order valence-electron chi connectivity index (χ4n) is 1.61. The topological polar surface area (TPSA) is 81.4 Å². The van der Waals surface area contributed by atoms with Crippen LogP contribution in [0.4, 0.5) is 26.3 Å². The zero-order valence-electron chi connectivity index (χ0n) is 11.4. The normalized spacial score (nSPS) is 14.5. The van der Waals surface area contributed by atoms with Crippen molar-refractivity contribution < 1.29 is 47.6 Å². The maximum atomic E-state index is 12.5. The van der Waals surface area contributed by atoms with Crippen LogP contribution in [0.15, 0.2) is 10.5 Å². The molecule has 0 N–H and O–H groups in total. The first-order valence-electron chi connectivity index (χ1n) is 5.56. The number of sulfone groups is 2. The maximum Gasteiger partial charge on any atom is 0.469 e. The van der Waals surface area contributed by atoms with E-state index in [-0.39, 0.29) is 11.5 Å². The number of alkyl halides is 6. The molecule has 5 nitrogen and oxygen atoms in total. The van der Waals surface area contributed by atoms with Gasteiger partial charge in [0, 0.05) is 0 Å². The van der Waals surface area contributed by atoms with Gasteiger partial charge in [0.1, 0.15) is 31.2 Å². The lowest BCUT2D eigenvalue weighted by Gasteiger charge is -2.31. The Morgan fingerprint density at radius 2 is 1.35 bits per heavy atom. The van der Waals surface area contributed by atoms with E-state index < -0.39 is 47.3 Å². The molecular formula is C10H9F6O5S2-. The Kier molecular flexibility index (Phi) is 4.90. The van der Waals surface area contributed by atoms with Crippen molar-refractivity contribution in [1.29, 1.82) is 0 Å². The van der Waals surface area contributed by atoms with Crippen molar-refractivity contribution in [2.75, 3.05) is 0 Å². The van der Waals surface area contributed by atoms with E-state index in [4.69, 9.17) is 4.42 Å². The standard InChI is InChI=1S/C10H9F6O5S2/c1-5-3-7(6(2)21-5)4-8(22(17,18)9(11,12)13)23(19,20)10(14,15)16/h3H,4H2,1-2H3/q-1. The molecule has 0 aliphatic carbocycles. The number of halogens is 6. The van der Waals surface area contributed by atoms with E-state index in [1.807, 2.05) is 0 Å². The summed E-state index contributed by atoms with van der Waals surface area (Å²) in [4.78, 5) is 0. The second-order valence-corrected chi connectivity index (χ2v) is 8.57. The SMILES string of the molecule is Cc1cc(C[C-](S(=O)(=O)C(F)(F)F)S(=O)(=O)C(F)(F)F)c(C)o1. The summed E-state index contributed by atoms with van der Waals surface area (Å²) in [6.45, 7) is 2.44. The van der Waals surface area contributed by atoms with Crippen molar-refractivity contribution in [3.8, 4) is 0 Å². The van der Waals surface area contributed by atoms with E-state index >= 15 is 0 Å². The Morgan fingerprint density at radius 3 is 1.61 bits per heavy atom. The highest BCUT2D eigenvalue weighted by Crippen LogP contribution is 2.42. The van der Waals surface area contributed by atoms with E-state index in [2.05, 4.69) is 0 Å². The lowest BCUT2D eigenvalue weighted by molar-refractivity contribution is -0.0455. The molecule has 1 aromatic heterocycles. The molecule has 0 fully saturated rings. The van der Waals surface area contributed by atoms with Crippen LogP contribution in [-0.2, 0) is 26.1 Å². The molecule has 0 saturated heterocycles. The highest BCUT2D eigenvalue weighted by molar-refractivity contribution is 8.13. The van der Waals surface area contributed by atoms with Crippen LogP contribution in [0.2, 0.25) is 0 Å². The van der Waals surface area contributed by atoms with Gasteiger partial charge in [-0.2, -0.15) is 26.3 Å². The third-order valence-corrected chi connectivity index (χ3v) is 6.71. The third kappa shape index (κ3) is 3.65. The predicted octanol–water partition coefficient (Wildman–Crippen LogP) is 2.80. The monoisotopic (exact) mass is 387 g/mol. The van der Waals surface area contributed by atoms with Crippen LogP contribution in [0.3, 0.4) is 0 Å². The number of hydrogen-bond donors (Lipinski definition) is 0. The molecule has 0 aliphatic rings. The molecule has 1 heterocycles. The van der Waals surface area contributed by atoms with E-state index in [1.54, 1.807) is 0 Å². The fourth-order valence-corrected chi connectivity index (χ4v) is 4.54. The quantitative estimate of drug-likeness (QED) is 0.586. The molecule has 0 atom stereocenters. The fraction of sp³-hybridized carbons (Fsp3) is 0.500. The summed E-state index contributed by atoms with van der Waals surface area (Å²) >= 11 is 0. The Bertz CT molecular complexity index is 741. The molecule has 23 heavy (non-hydrogen) atoms. The summed E-state index contributed by atoms with van der Waals surface area (Å²) in [7, 11) is -13.4. The summed E-state index contributed by atoms with van der Waals surface area (Å²) < 4.78 is 123. The number of hydrogen-bond acceptors (Lipinski definition) is 5. The number of furan rings is 1. The lowest BCUT2D eigenvalue weighted by Crippen LogP contribution is -2.40. The summed E-state index contributed by atoms with van der Waals surface area (Å²) in [5, 5.41) is 0. The van der Waals surface area contributed by atoms with Crippen LogP contribution >= 0.6 is 0 Å². The third-order valence-electron chi connectivity index (χ3n) is 2.69. The first-order valence-corrected chi connectivity index (χ1v) is 8.53. The average molecular weight is 387 g/mol. The molecule has 134 valence electrons. The second kappa shape index (κ2) is 5.69. The molecule has 0 bridgehead atoms. The van der Waals surface area contributed by atoms with Crippen molar-refractivity contribution >= 4 is 19.7 Å². The van der Waals surface area contributed by atoms with Gasteiger partial charge in [-0.3, -0.25) is 16.8 Å². The van der Waals surface area contributed by atoms with Gasteiger partial charge in [0.05, 0.1) is 0 Å². The zero-order chi connectivity index (χ0) is 18.4. The van der Waals surface area contributed by atoms with Crippen molar-refractivity contribution in [1.82, 2.24) is 0 Å². The minimum Gasteiger partial charge on any atom is -0.466 e. The van der Waals surface area contributed by atoms with Gasteiger partial charge in [-0.05, 0) is 25.5 Å². The first-order chi connectivity index (χ1) is 10.0.